The molecular weight excluding hydrogens is 471 g/mol. The van der Waals surface area contributed by atoms with E-state index in [1.165, 1.54) is 16.4 Å². The van der Waals surface area contributed by atoms with E-state index in [9.17, 15) is 18.0 Å². The van der Waals surface area contributed by atoms with Crippen LogP contribution in [-0.4, -0.2) is 43.5 Å². The standard InChI is InChI=1S/C23H26Cl2N2O4S/c1-15(2)13-20(23(29)26-11-9-16-7-8-18(24)19(25)14-16)27-12-10-21(28)17-5-3-4-6-22(17)32(27,30)31/h3-8,14-15,20H,9-13H2,1-2H3,(H,26,29)/t20-/m0/s1. The van der Waals surface area contributed by atoms with Crippen molar-refractivity contribution in [2.45, 2.75) is 44.0 Å². The maximum atomic E-state index is 13.4. The maximum absolute atomic E-state index is 13.4. The molecule has 0 saturated heterocycles. The molecule has 1 N–H and O–H groups in total. The molecule has 172 valence electrons. The van der Waals surface area contributed by atoms with Gasteiger partial charge in [-0.2, -0.15) is 4.31 Å². The topological polar surface area (TPSA) is 83.6 Å². The van der Waals surface area contributed by atoms with E-state index in [0.717, 1.165) is 5.56 Å². The van der Waals surface area contributed by atoms with Gasteiger partial charge in [0.25, 0.3) is 0 Å². The van der Waals surface area contributed by atoms with Crippen molar-refractivity contribution in [3.8, 4) is 0 Å². The molecular formula is C23H26Cl2N2O4S. The first-order chi connectivity index (χ1) is 15.1. The van der Waals surface area contributed by atoms with Gasteiger partial charge in [-0.1, -0.05) is 61.3 Å². The second-order valence-corrected chi connectivity index (χ2v) is 10.9. The quantitative estimate of drug-likeness (QED) is 0.617. The fraction of sp³-hybridized carbons (Fsp3) is 0.391. The van der Waals surface area contributed by atoms with Gasteiger partial charge < -0.3 is 5.32 Å². The fourth-order valence-electron chi connectivity index (χ4n) is 3.78. The molecule has 1 atom stereocenters. The highest BCUT2D eigenvalue weighted by Gasteiger charge is 2.40. The third-order valence-corrected chi connectivity index (χ3v) is 8.08. The average molecular weight is 497 g/mol. The minimum Gasteiger partial charge on any atom is -0.354 e. The van der Waals surface area contributed by atoms with Crippen molar-refractivity contribution in [2.24, 2.45) is 5.92 Å². The number of amides is 1. The third-order valence-electron chi connectivity index (χ3n) is 5.38. The van der Waals surface area contributed by atoms with Crippen molar-refractivity contribution in [1.29, 1.82) is 0 Å². The zero-order valence-corrected chi connectivity index (χ0v) is 20.3. The van der Waals surface area contributed by atoms with Crippen LogP contribution in [0.4, 0.5) is 0 Å². The van der Waals surface area contributed by atoms with E-state index in [2.05, 4.69) is 5.32 Å². The largest absolute Gasteiger partial charge is 0.354 e. The molecule has 9 heteroatoms. The third kappa shape index (κ3) is 5.52. The molecule has 6 nitrogen and oxygen atoms in total. The molecule has 1 aliphatic heterocycles. The number of carbonyl (C=O) groups excluding carboxylic acids is 2. The minimum atomic E-state index is -4.01. The highest BCUT2D eigenvalue weighted by molar-refractivity contribution is 7.89. The minimum absolute atomic E-state index is 0.0292. The summed E-state index contributed by atoms with van der Waals surface area (Å²) in [7, 11) is -4.01. The number of Topliss-reactive ketones (excluding diaryl/α,β-unsaturated/α-hetero) is 1. The number of ketones is 1. The summed E-state index contributed by atoms with van der Waals surface area (Å²) in [4.78, 5) is 25.6. The Morgan fingerprint density at radius 1 is 1.12 bits per heavy atom. The predicted molar refractivity (Wildman–Crippen MR) is 126 cm³/mol. The Balaban J connectivity index is 1.81. The van der Waals surface area contributed by atoms with Crippen LogP contribution in [0.15, 0.2) is 47.4 Å². The van der Waals surface area contributed by atoms with Crippen molar-refractivity contribution in [3.63, 3.8) is 0 Å². The van der Waals surface area contributed by atoms with E-state index in [1.807, 2.05) is 19.9 Å². The Morgan fingerprint density at radius 3 is 2.53 bits per heavy atom. The van der Waals surface area contributed by atoms with E-state index in [-0.39, 0.29) is 41.0 Å². The van der Waals surface area contributed by atoms with Crippen molar-refractivity contribution < 1.29 is 18.0 Å². The van der Waals surface area contributed by atoms with Crippen LogP contribution < -0.4 is 5.32 Å². The van der Waals surface area contributed by atoms with Gasteiger partial charge in [0.05, 0.1) is 14.9 Å². The summed E-state index contributed by atoms with van der Waals surface area (Å²) in [6.07, 6.45) is 0.890. The summed E-state index contributed by atoms with van der Waals surface area (Å²) >= 11 is 12.0. The van der Waals surface area contributed by atoms with Gasteiger partial charge in [-0.3, -0.25) is 9.59 Å². The smallest absolute Gasteiger partial charge is 0.244 e. The lowest BCUT2D eigenvalue weighted by molar-refractivity contribution is -0.125. The zero-order chi connectivity index (χ0) is 23.5. The predicted octanol–water partition coefficient (Wildman–Crippen LogP) is 4.34. The van der Waals surface area contributed by atoms with Gasteiger partial charge in [0.15, 0.2) is 5.78 Å². The Kier molecular flexibility index (Phi) is 7.98. The number of benzene rings is 2. The molecule has 0 radical (unpaired) electrons. The summed E-state index contributed by atoms with van der Waals surface area (Å²) in [6.45, 7) is 4.14. The van der Waals surface area contributed by atoms with Gasteiger partial charge in [-0.05, 0) is 42.5 Å². The molecule has 0 aromatic heterocycles. The molecule has 32 heavy (non-hydrogen) atoms. The summed E-state index contributed by atoms with van der Waals surface area (Å²) in [5.74, 6) is -0.547. The Labute approximate surface area is 198 Å². The van der Waals surface area contributed by atoms with Crippen molar-refractivity contribution in [2.75, 3.05) is 13.1 Å². The number of halogens is 2. The van der Waals surface area contributed by atoms with Crippen LogP contribution in [0.25, 0.3) is 0 Å². The van der Waals surface area contributed by atoms with Gasteiger partial charge in [0.1, 0.15) is 6.04 Å². The second-order valence-electron chi connectivity index (χ2n) is 8.22. The van der Waals surface area contributed by atoms with E-state index < -0.39 is 16.1 Å². The number of sulfonamides is 1. The zero-order valence-electron chi connectivity index (χ0n) is 18.0. The molecule has 1 heterocycles. The molecule has 0 saturated carbocycles. The highest BCUT2D eigenvalue weighted by atomic mass is 35.5. The summed E-state index contributed by atoms with van der Waals surface area (Å²) in [5, 5.41) is 3.75. The number of carbonyl (C=O) groups is 2. The molecule has 2 aromatic rings. The van der Waals surface area contributed by atoms with Crippen molar-refractivity contribution in [1.82, 2.24) is 9.62 Å². The first-order valence-corrected chi connectivity index (χ1v) is 12.7. The number of nitrogens with one attached hydrogen (secondary N) is 1. The van der Waals surface area contributed by atoms with E-state index in [1.54, 1.807) is 24.3 Å². The number of nitrogens with zero attached hydrogens (tertiary/aromatic N) is 1. The molecule has 1 aliphatic rings. The second kappa shape index (κ2) is 10.3. The SMILES string of the molecule is CC(C)C[C@@H](C(=O)NCCc1ccc(Cl)c(Cl)c1)N1CCC(=O)c2ccccc2S1(=O)=O. The van der Waals surface area contributed by atoms with Crippen LogP contribution >= 0.6 is 23.2 Å². The normalized spacial score (nSPS) is 17.0. The van der Waals surface area contributed by atoms with Gasteiger partial charge >= 0.3 is 0 Å². The molecule has 2 aromatic carbocycles. The first-order valence-electron chi connectivity index (χ1n) is 10.5. The Morgan fingerprint density at radius 2 is 1.84 bits per heavy atom. The van der Waals surface area contributed by atoms with Crippen LogP contribution in [-0.2, 0) is 21.2 Å². The monoisotopic (exact) mass is 496 g/mol. The first kappa shape index (κ1) is 24.7. The van der Waals surface area contributed by atoms with Gasteiger partial charge in [-0.25, -0.2) is 8.42 Å². The van der Waals surface area contributed by atoms with Crippen molar-refractivity contribution >= 4 is 44.9 Å². The lowest BCUT2D eigenvalue weighted by atomic mass is 10.0. The summed E-state index contributed by atoms with van der Waals surface area (Å²) < 4.78 is 28.0. The van der Waals surface area contributed by atoms with E-state index >= 15 is 0 Å². The maximum Gasteiger partial charge on any atom is 0.244 e. The molecule has 0 spiro atoms. The van der Waals surface area contributed by atoms with Gasteiger partial charge in [0, 0.05) is 25.1 Å². The van der Waals surface area contributed by atoms with Crippen LogP contribution in [0.2, 0.25) is 10.0 Å². The fourth-order valence-corrected chi connectivity index (χ4v) is 5.92. The number of hydrogen-bond donors (Lipinski definition) is 1. The van der Waals surface area contributed by atoms with Crippen molar-refractivity contribution in [3.05, 3.63) is 63.6 Å². The van der Waals surface area contributed by atoms with Gasteiger partial charge in [-0.15, -0.1) is 0 Å². The lowest BCUT2D eigenvalue weighted by Gasteiger charge is -2.30. The van der Waals surface area contributed by atoms with E-state index in [0.29, 0.717) is 29.4 Å². The van der Waals surface area contributed by atoms with E-state index in [4.69, 9.17) is 23.2 Å². The highest BCUT2D eigenvalue weighted by Crippen LogP contribution is 2.29. The molecule has 3 rings (SSSR count). The molecule has 0 fully saturated rings. The van der Waals surface area contributed by atoms with Gasteiger partial charge in [0.2, 0.25) is 15.9 Å². The summed E-state index contributed by atoms with van der Waals surface area (Å²) in [6, 6.07) is 10.5. The lowest BCUT2D eigenvalue weighted by Crippen LogP contribution is -2.50. The van der Waals surface area contributed by atoms with Crippen LogP contribution in [0, 0.1) is 5.92 Å². The molecule has 0 unspecified atom stereocenters. The molecule has 1 amide bonds. The number of hydrogen-bond acceptors (Lipinski definition) is 4. The molecule has 0 bridgehead atoms. The average Bonchev–Trinajstić information content (AvgIpc) is 2.83. The van der Waals surface area contributed by atoms with Crippen LogP contribution in [0.5, 0.6) is 0 Å². The molecule has 0 aliphatic carbocycles. The number of rotatable bonds is 7. The number of fused-ring (bicyclic) bond motifs is 1. The Hall–Kier alpha value is -1.93. The van der Waals surface area contributed by atoms with Crippen LogP contribution in [0.1, 0.15) is 42.6 Å². The Bertz CT molecular complexity index is 1120. The summed E-state index contributed by atoms with van der Waals surface area (Å²) in [5.41, 5.74) is 1.08. The van der Waals surface area contributed by atoms with Crippen LogP contribution in [0.3, 0.4) is 0 Å².